The molecule has 3 aromatic rings. The van der Waals surface area contributed by atoms with Gasteiger partial charge in [-0.1, -0.05) is 19.1 Å². The summed E-state index contributed by atoms with van der Waals surface area (Å²) < 4.78 is 39.5. The molecular formula is C24H26N4O4S. The number of fused-ring (bicyclic) bond motifs is 1. The number of hydrogen-bond acceptors (Lipinski definition) is 7. The van der Waals surface area contributed by atoms with Gasteiger partial charge in [0.15, 0.2) is 17.3 Å². The third kappa shape index (κ3) is 4.73. The van der Waals surface area contributed by atoms with E-state index >= 15 is 0 Å². The third-order valence-corrected chi connectivity index (χ3v) is 7.37. The molecule has 0 radical (unpaired) electrons. The van der Waals surface area contributed by atoms with Crippen LogP contribution in [0.15, 0.2) is 59.5 Å². The minimum Gasteiger partial charge on any atom is -0.486 e. The molecule has 5 rings (SSSR count). The number of aromatic nitrogens is 2. The zero-order valence-electron chi connectivity index (χ0n) is 18.4. The number of benzene rings is 2. The predicted molar refractivity (Wildman–Crippen MR) is 126 cm³/mol. The first kappa shape index (κ1) is 21.5. The van der Waals surface area contributed by atoms with E-state index in [4.69, 9.17) is 9.47 Å². The van der Waals surface area contributed by atoms with Crippen LogP contribution in [-0.4, -0.2) is 44.9 Å². The number of piperidine rings is 1. The molecule has 2 aliphatic heterocycles. The molecule has 0 spiro atoms. The van der Waals surface area contributed by atoms with Crippen LogP contribution in [0.4, 0.5) is 11.5 Å². The van der Waals surface area contributed by atoms with E-state index < -0.39 is 10.0 Å². The summed E-state index contributed by atoms with van der Waals surface area (Å²) in [7, 11) is -3.80. The van der Waals surface area contributed by atoms with Crippen molar-refractivity contribution < 1.29 is 17.9 Å². The third-order valence-electron chi connectivity index (χ3n) is 5.99. The first-order chi connectivity index (χ1) is 16.0. The highest BCUT2D eigenvalue weighted by Crippen LogP contribution is 2.33. The average Bonchev–Trinajstić information content (AvgIpc) is 2.84. The molecule has 2 aliphatic rings. The van der Waals surface area contributed by atoms with Gasteiger partial charge < -0.3 is 14.4 Å². The maximum absolute atomic E-state index is 12.9. The van der Waals surface area contributed by atoms with Crippen LogP contribution < -0.4 is 19.1 Å². The van der Waals surface area contributed by atoms with Gasteiger partial charge in [-0.2, -0.15) is 0 Å². The Morgan fingerprint density at radius 2 is 1.73 bits per heavy atom. The fraction of sp³-hybridized carbons (Fsp3) is 0.333. The van der Waals surface area contributed by atoms with E-state index in [0.29, 0.717) is 36.1 Å². The fourth-order valence-corrected chi connectivity index (χ4v) is 5.10. The molecule has 1 fully saturated rings. The lowest BCUT2D eigenvalue weighted by atomic mass is 9.99. The summed E-state index contributed by atoms with van der Waals surface area (Å²) in [5, 5.41) is 8.80. The van der Waals surface area contributed by atoms with Crippen LogP contribution in [0.25, 0.3) is 11.3 Å². The Morgan fingerprint density at radius 1 is 0.939 bits per heavy atom. The quantitative estimate of drug-likeness (QED) is 0.608. The van der Waals surface area contributed by atoms with Crippen LogP contribution in [0.2, 0.25) is 0 Å². The highest BCUT2D eigenvalue weighted by molar-refractivity contribution is 7.92. The molecule has 172 valence electrons. The molecule has 9 heteroatoms. The monoisotopic (exact) mass is 466 g/mol. The maximum atomic E-state index is 12.9. The molecule has 3 heterocycles. The standard InChI is InChI=1S/C24H26N4O4S/c1-17-9-11-28(12-10-17)24-8-6-21(25-26-24)18-3-2-4-19(15-18)27-33(29,30)20-5-7-22-23(16-20)32-14-13-31-22/h2-8,15-17,27H,9-14H2,1H3. The number of nitrogens with zero attached hydrogens (tertiary/aromatic N) is 3. The minimum absolute atomic E-state index is 0.108. The van der Waals surface area contributed by atoms with Gasteiger partial charge in [0.1, 0.15) is 13.2 Å². The minimum atomic E-state index is -3.80. The zero-order chi connectivity index (χ0) is 22.8. The van der Waals surface area contributed by atoms with Crippen LogP contribution >= 0.6 is 0 Å². The molecule has 8 nitrogen and oxygen atoms in total. The van der Waals surface area contributed by atoms with Gasteiger partial charge in [-0.05, 0) is 55.2 Å². The molecule has 1 aromatic heterocycles. The summed E-state index contributed by atoms with van der Waals surface area (Å²) >= 11 is 0. The number of nitrogens with one attached hydrogen (secondary N) is 1. The molecule has 0 aliphatic carbocycles. The normalized spacial score (nSPS) is 16.5. The van der Waals surface area contributed by atoms with Crippen molar-refractivity contribution in [1.29, 1.82) is 0 Å². The molecule has 1 saturated heterocycles. The van der Waals surface area contributed by atoms with Crippen molar-refractivity contribution in [2.75, 3.05) is 35.9 Å². The Kier molecular flexibility index (Phi) is 5.80. The summed E-state index contributed by atoms with van der Waals surface area (Å²) in [4.78, 5) is 2.37. The summed E-state index contributed by atoms with van der Waals surface area (Å²) in [6.45, 7) is 5.10. The summed E-state index contributed by atoms with van der Waals surface area (Å²) in [6, 6.07) is 15.6. The van der Waals surface area contributed by atoms with Crippen molar-refractivity contribution in [3.8, 4) is 22.8 Å². The van der Waals surface area contributed by atoms with E-state index in [2.05, 4.69) is 26.7 Å². The number of hydrogen-bond donors (Lipinski definition) is 1. The lowest BCUT2D eigenvalue weighted by Crippen LogP contribution is -2.33. The maximum Gasteiger partial charge on any atom is 0.262 e. The smallest absolute Gasteiger partial charge is 0.262 e. The van der Waals surface area contributed by atoms with Crippen molar-refractivity contribution in [3.63, 3.8) is 0 Å². The Hall–Kier alpha value is -3.33. The Balaban J connectivity index is 1.33. The van der Waals surface area contributed by atoms with Crippen molar-refractivity contribution in [3.05, 3.63) is 54.6 Å². The Labute approximate surface area is 193 Å². The summed E-state index contributed by atoms with van der Waals surface area (Å²) in [5.41, 5.74) is 1.91. The van der Waals surface area contributed by atoms with Gasteiger partial charge in [0.2, 0.25) is 0 Å². The number of sulfonamides is 1. The molecule has 0 bridgehead atoms. The fourth-order valence-electron chi connectivity index (χ4n) is 4.03. The first-order valence-corrected chi connectivity index (χ1v) is 12.6. The molecule has 1 N–H and O–H groups in total. The first-order valence-electron chi connectivity index (χ1n) is 11.1. The molecule has 2 aromatic carbocycles. The van der Waals surface area contributed by atoms with E-state index in [0.717, 1.165) is 43.2 Å². The Morgan fingerprint density at radius 3 is 2.48 bits per heavy atom. The Bertz CT molecular complexity index is 1240. The van der Waals surface area contributed by atoms with Crippen molar-refractivity contribution in [2.24, 2.45) is 5.92 Å². The van der Waals surface area contributed by atoms with Crippen molar-refractivity contribution in [1.82, 2.24) is 10.2 Å². The topological polar surface area (TPSA) is 93.7 Å². The van der Waals surface area contributed by atoms with Crippen LogP contribution in [0.1, 0.15) is 19.8 Å². The van der Waals surface area contributed by atoms with Crippen LogP contribution in [0, 0.1) is 5.92 Å². The molecule has 0 amide bonds. The van der Waals surface area contributed by atoms with E-state index in [1.807, 2.05) is 18.2 Å². The molecule has 0 atom stereocenters. The van der Waals surface area contributed by atoms with E-state index in [1.165, 1.54) is 12.1 Å². The van der Waals surface area contributed by atoms with Crippen LogP contribution in [-0.2, 0) is 10.0 Å². The van der Waals surface area contributed by atoms with Crippen LogP contribution in [0.3, 0.4) is 0 Å². The van der Waals surface area contributed by atoms with Gasteiger partial charge in [-0.3, -0.25) is 4.72 Å². The van der Waals surface area contributed by atoms with E-state index in [9.17, 15) is 8.42 Å². The summed E-state index contributed by atoms with van der Waals surface area (Å²) in [6.07, 6.45) is 2.32. The number of anilines is 2. The van der Waals surface area contributed by atoms with E-state index in [1.54, 1.807) is 24.3 Å². The van der Waals surface area contributed by atoms with Crippen molar-refractivity contribution >= 4 is 21.5 Å². The predicted octanol–water partition coefficient (Wildman–Crippen LogP) is 3.95. The number of ether oxygens (including phenoxy) is 2. The molecule has 33 heavy (non-hydrogen) atoms. The van der Waals surface area contributed by atoms with Gasteiger partial charge in [-0.15, -0.1) is 10.2 Å². The lowest BCUT2D eigenvalue weighted by molar-refractivity contribution is 0.171. The SMILES string of the molecule is CC1CCN(c2ccc(-c3cccc(NS(=O)(=O)c4ccc5c(c4)OCCO5)c3)nn2)CC1. The molecular weight excluding hydrogens is 440 g/mol. The van der Waals surface area contributed by atoms with Gasteiger partial charge in [0, 0.05) is 30.4 Å². The second-order valence-corrected chi connectivity index (χ2v) is 10.1. The highest BCUT2D eigenvalue weighted by atomic mass is 32.2. The zero-order valence-corrected chi connectivity index (χ0v) is 19.2. The molecule has 0 saturated carbocycles. The van der Waals surface area contributed by atoms with Gasteiger partial charge in [-0.25, -0.2) is 8.42 Å². The average molecular weight is 467 g/mol. The second kappa shape index (κ2) is 8.90. The largest absolute Gasteiger partial charge is 0.486 e. The second-order valence-electron chi connectivity index (χ2n) is 8.44. The number of rotatable bonds is 5. The van der Waals surface area contributed by atoms with Gasteiger partial charge in [0.05, 0.1) is 10.6 Å². The van der Waals surface area contributed by atoms with Gasteiger partial charge >= 0.3 is 0 Å². The van der Waals surface area contributed by atoms with Crippen LogP contribution in [0.5, 0.6) is 11.5 Å². The van der Waals surface area contributed by atoms with Gasteiger partial charge in [0.25, 0.3) is 10.0 Å². The molecule has 0 unspecified atom stereocenters. The highest BCUT2D eigenvalue weighted by Gasteiger charge is 2.20. The lowest BCUT2D eigenvalue weighted by Gasteiger charge is -2.30. The summed E-state index contributed by atoms with van der Waals surface area (Å²) in [5.74, 6) is 2.60. The van der Waals surface area contributed by atoms with Crippen molar-refractivity contribution in [2.45, 2.75) is 24.7 Å². The van der Waals surface area contributed by atoms with E-state index in [-0.39, 0.29) is 4.90 Å².